The average molecular weight is 508 g/mol. The van der Waals surface area contributed by atoms with Crippen LogP contribution in [0.3, 0.4) is 0 Å². The van der Waals surface area contributed by atoms with Crippen LogP contribution in [0.5, 0.6) is 0 Å². The Morgan fingerprint density at radius 1 is 0.971 bits per heavy atom. The molecule has 7 nitrogen and oxygen atoms in total. The molecule has 184 valence electrons. The highest BCUT2D eigenvalue weighted by molar-refractivity contribution is 8.01. The molecule has 0 radical (unpaired) electrons. The van der Waals surface area contributed by atoms with Gasteiger partial charge >= 0.3 is 0 Å². The van der Waals surface area contributed by atoms with Crippen molar-refractivity contribution >= 4 is 39.0 Å². The molecule has 2 aromatic heterocycles. The number of hydrogen-bond donors (Lipinski definition) is 3. The van der Waals surface area contributed by atoms with E-state index in [1.165, 1.54) is 44.5 Å². The number of anilines is 1. The molecule has 2 saturated carbocycles. The summed E-state index contributed by atoms with van der Waals surface area (Å²) in [6.45, 7) is 4.55. The van der Waals surface area contributed by atoms with E-state index in [2.05, 4.69) is 49.7 Å². The zero-order valence-electron chi connectivity index (χ0n) is 19.8. The Bertz CT molecular complexity index is 1210. The van der Waals surface area contributed by atoms with Crippen LogP contribution in [0.2, 0.25) is 0 Å². The maximum Gasteiger partial charge on any atom is 0.116 e. The first-order chi connectivity index (χ1) is 17.1. The van der Waals surface area contributed by atoms with Crippen LogP contribution in [0, 0.1) is 11.8 Å². The molecule has 2 aliphatic heterocycles. The summed E-state index contributed by atoms with van der Waals surface area (Å²) in [6, 6.07) is 11.9. The Morgan fingerprint density at radius 3 is 2.49 bits per heavy atom. The Morgan fingerprint density at radius 2 is 1.80 bits per heavy atom. The van der Waals surface area contributed by atoms with E-state index in [0.29, 0.717) is 0 Å². The van der Waals surface area contributed by atoms with Crippen molar-refractivity contribution in [3.63, 3.8) is 0 Å². The van der Waals surface area contributed by atoms with E-state index >= 15 is 0 Å². The SMILES string of the molecule is NC1NC(N)C(c2ccc(N3CCN(C4CC5CCC4C5)CC3)cc2)(c2ncnc3ccsc23)S1. The summed E-state index contributed by atoms with van der Waals surface area (Å²) < 4.78 is 0.511. The van der Waals surface area contributed by atoms with Gasteiger partial charge in [0.2, 0.25) is 0 Å². The number of thiophene rings is 1. The Labute approximate surface area is 214 Å². The number of rotatable bonds is 4. The lowest BCUT2D eigenvalue weighted by atomic mass is 9.90. The summed E-state index contributed by atoms with van der Waals surface area (Å²) in [4.78, 5) is 14.5. The lowest BCUT2D eigenvalue weighted by Crippen LogP contribution is -2.51. The molecule has 35 heavy (non-hydrogen) atoms. The summed E-state index contributed by atoms with van der Waals surface area (Å²) in [5.74, 6) is 1.97. The maximum atomic E-state index is 6.73. The number of piperazine rings is 1. The van der Waals surface area contributed by atoms with Crippen molar-refractivity contribution in [2.45, 2.75) is 48.1 Å². The Balaban J connectivity index is 1.14. The third-order valence-electron chi connectivity index (χ3n) is 8.83. The zero-order valence-corrected chi connectivity index (χ0v) is 21.5. The minimum absolute atomic E-state index is 0.256. The maximum absolute atomic E-state index is 6.73. The lowest BCUT2D eigenvalue weighted by Gasteiger charge is -2.42. The highest BCUT2D eigenvalue weighted by Gasteiger charge is 2.50. The fraction of sp³-hybridized carbons (Fsp3) is 0.538. The van der Waals surface area contributed by atoms with Gasteiger partial charge in [0.25, 0.3) is 0 Å². The first kappa shape index (κ1) is 22.4. The minimum atomic E-state index is -0.565. The van der Waals surface area contributed by atoms with Crippen LogP contribution in [-0.4, -0.2) is 58.8 Å². The van der Waals surface area contributed by atoms with Crippen molar-refractivity contribution < 1.29 is 0 Å². The van der Waals surface area contributed by atoms with E-state index in [4.69, 9.17) is 16.5 Å². The van der Waals surface area contributed by atoms with Crippen molar-refractivity contribution in [1.29, 1.82) is 0 Å². The molecule has 9 heteroatoms. The van der Waals surface area contributed by atoms with E-state index in [1.54, 1.807) is 29.4 Å². The van der Waals surface area contributed by atoms with Gasteiger partial charge in [-0.2, -0.15) is 0 Å². The highest BCUT2D eigenvalue weighted by atomic mass is 32.2. The number of nitrogens with two attached hydrogens (primary N) is 2. The molecular weight excluding hydrogens is 474 g/mol. The van der Waals surface area contributed by atoms with E-state index in [0.717, 1.165) is 52.4 Å². The predicted octanol–water partition coefficient (Wildman–Crippen LogP) is 3.11. The molecular formula is C26H33N7S2. The third-order valence-corrected chi connectivity index (χ3v) is 11.2. The molecule has 5 N–H and O–H groups in total. The number of aromatic nitrogens is 2. The number of hydrogen-bond acceptors (Lipinski definition) is 9. The van der Waals surface area contributed by atoms with Gasteiger partial charge in [0.15, 0.2) is 0 Å². The number of benzene rings is 1. The summed E-state index contributed by atoms with van der Waals surface area (Å²) in [7, 11) is 0. The average Bonchev–Trinajstić information content (AvgIpc) is 3.68. The monoisotopic (exact) mass is 507 g/mol. The van der Waals surface area contributed by atoms with Gasteiger partial charge in [0.05, 0.1) is 22.1 Å². The van der Waals surface area contributed by atoms with E-state index in [1.807, 2.05) is 6.07 Å². The largest absolute Gasteiger partial charge is 0.369 e. The molecule has 2 saturated heterocycles. The van der Waals surface area contributed by atoms with Crippen molar-refractivity contribution in [2.75, 3.05) is 31.1 Å². The first-order valence-corrected chi connectivity index (χ1v) is 14.6. The van der Waals surface area contributed by atoms with Crippen LogP contribution < -0.4 is 21.7 Å². The van der Waals surface area contributed by atoms with Gasteiger partial charge in [0.1, 0.15) is 16.6 Å². The smallest absolute Gasteiger partial charge is 0.116 e. The molecule has 6 unspecified atom stereocenters. The lowest BCUT2D eigenvalue weighted by molar-refractivity contribution is 0.135. The minimum Gasteiger partial charge on any atom is -0.369 e. The van der Waals surface area contributed by atoms with Gasteiger partial charge in [-0.3, -0.25) is 10.2 Å². The van der Waals surface area contributed by atoms with Gasteiger partial charge in [-0.15, -0.1) is 23.1 Å². The topological polar surface area (TPSA) is 96.3 Å². The molecule has 4 aliphatic rings. The van der Waals surface area contributed by atoms with E-state index in [9.17, 15) is 0 Å². The molecule has 0 amide bonds. The number of fused-ring (bicyclic) bond motifs is 3. The fourth-order valence-electron chi connectivity index (χ4n) is 7.13. The molecule has 4 fully saturated rings. The van der Waals surface area contributed by atoms with Crippen LogP contribution in [0.1, 0.15) is 36.9 Å². The number of nitrogens with zero attached hydrogens (tertiary/aromatic N) is 4. The van der Waals surface area contributed by atoms with Crippen LogP contribution in [0.4, 0.5) is 5.69 Å². The van der Waals surface area contributed by atoms with E-state index in [-0.39, 0.29) is 11.7 Å². The Hall–Kier alpha value is -1.75. The quantitative estimate of drug-likeness (QED) is 0.496. The number of thioether (sulfide) groups is 1. The van der Waals surface area contributed by atoms with Crippen LogP contribution in [0.15, 0.2) is 42.0 Å². The standard InChI is InChI=1S/C26H33N7S2/c27-24-26(35-25(28)31-24,23-22-20(7-12-34-22)29-15-30-23)18-3-5-19(6-4-18)32-8-10-33(11-9-32)21-14-16-1-2-17(21)13-16/h3-7,12,15-17,21,24-25,31H,1-2,8-11,13-14,27-28H2. The van der Waals surface area contributed by atoms with Crippen molar-refractivity contribution in [1.82, 2.24) is 20.2 Å². The third kappa shape index (κ3) is 3.62. The van der Waals surface area contributed by atoms with Crippen LogP contribution >= 0.6 is 23.1 Å². The van der Waals surface area contributed by atoms with Gasteiger partial charge in [-0.25, -0.2) is 9.97 Å². The van der Waals surface area contributed by atoms with Gasteiger partial charge in [-0.1, -0.05) is 18.6 Å². The molecule has 6 atom stereocenters. The molecule has 1 aromatic carbocycles. The molecule has 2 aliphatic carbocycles. The normalized spacial score (nSPS) is 35.4. The second kappa shape index (κ2) is 8.68. The second-order valence-electron chi connectivity index (χ2n) is 10.6. The van der Waals surface area contributed by atoms with Crippen molar-refractivity contribution in [3.05, 3.63) is 53.3 Å². The van der Waals surface area contributed by atoms with Crippen LogP contribution in [0.25, 0.3) is 10.2 Å². The van der Waals surface area contributed by atoms with Crippen molar-refractivity contribution in [3.8, 4) is 0 Å². The molecule has 4 heterocycles. The summed E-state index contributed by atoms with van der Waals surface area (Å²) in [5.41, 5.74) is 17.1. The first-order valence-electron chi connectivity index (χ1n) is 12.8. The molecule has 7 rings (SSSR count). The molecule has 3 aromatic rings. The number of nitrogens with one attached hydrogen (secondary N) is 1. The summed E-state index contributed by atoms with van der Waals surface area (Å²) >= 11 is 3.31. The van der Waals surface area contributed by atoms with E-state index < -0.39 is 4.75 Å². The van der Waals surface area contributed by atoms with Gasteiger partial charge < -0.3 is 16.4 Å². The Kier molecular flexibility index (Phi) is 5.56. The van der Waals surface area contributed by atoms with Gasteiger partial charge in [0, 0.05) is 37.9 Å². The van der Waals surface area contributed by atoms with Gasteiger partial charge in [-0.05, 0) is 60.2 Å². The summed E-state index contributed by atoms with van der Waals surface area (Å²) in [6.07, 6.45) is 7.16. The second-order valence-corrected chi connectivity index (χ2v) is 12.9. The summed E-state index contributed by atoms with van der Waals surface area (Å²) in [5, 5.41) is 5.39. The highest BCUT2D eigenvalue weighted by Crippen LogP contribution is 2.51. The molecule has 0 spiro atoms. The predicted molar refractivity (Wildman–Crippen MR) is 144 cm³/mol. The van der Waals surface area contributed by atoms with Crippen LogP contribution in [-0.2, 0) is 4.75 Å². The molecule has 2 bridgehead atoms. The zero-order chi connectivity index (χ0) is 23.6. The fourth-order valence-corrected chi connectivity index (χ4v) is 9.47. The van der Waals surface area contributed by atoms with Crippen molar-refractivity contribution in [2.24, 2.45) is 23.3 Å².